The minimum atomic E-state index is -0.733. The van der Waals surface area contributed by atoms with Crippen LogP contribution in [0.1, 0.15) is 33.1 Å². The zero-order chi connectivity index (χ0) is 14.8. The van der Waals surface area contributed by atoms with E-state index in [9.17, 15) is 4.79 Å². The van der Waals surface area contributed by atoms with Crippen LogP contribution in [0.5, 0.6) is 5.75 Å². The van der Waals surface area contributed by atoms with Crippen LogP contribution in [0.3, 0.4) is 0 Å². The highest BCUT2D eigenvalue weighted by atomic mass is 16.5. The Kier molecular flexibility index (Phi) is 7.73. The Balaban J connectivity index is 2.15. The van der Waals surface area contributed by atoms with Gasteiger partial charge < -0.3 is 14.7 Å². The van der Waals surface area contributed by atoms with E-state index < -0.39 is 5.97 Å². The van der Waals surface area contributed by atoms with Crippen molar-refractivity contribution in [2.45, 2.75) is 39.2 Å². The molecule has 112 valence electrons. The molecule has 1 N–H and O–H groups in total. The monoisotopic (exact) mass is 279 g/mol. The lowest BCUT2D eigenvalue weighted by Crippen LogP contribution is -2.34. The summed E-state index contributed by atoms with van der Waals surface area (Å²) in [5.74, 6) is 0.169. The first-order chi connectivity index (χ1) is 9.59. The molecule has 4 nitrogen and oxygen atoms in total. The van der Waals surface area contributed by atoms with Crippen LogP contribution in [0, 0.1) is 0 Å². The van der Waals surface area contributed by atoms with Crippen LogP contribution < -0.4 is 4.74 Å². The number of para-hydroxylation sites is 1. The lowest BCUT2D eigenvalue weighted by Gasteiger charge is -2.25. The molecule has 0 atom stereocenters. The lowest BCUT2D eigenvalue weighted by molar-refractivity contribution is -0.137. The maximum Gasteiger partial charge on any atom is 0.304 e. The molecule has 0 radical (unpaired) electrons. The standard InChI is InChI=1S/C16H25NO3/c1-14(2)17(12-10-16(18)19)11-6-7-13-20-15-8-4-3-5-9-15/h3-5,8-9,14H,6-7,10-13H2,1-2H3,(H,18,19). The van der Waals surface area contributed by atoms with Gasteiger partial charge in [0.15, 0.2) is 0 Å². The van der Waals surface area contributed by atoms with Crippen molar-refractivity contribution >= 4 is 5.97 Å². The molecule has 0 amide bonds. The molecule has 0 saturated carbocycles. The van der Waals surface area contributed by atoms with Gasteiger partial charge in [0.05, 0.1) is 13.0 Å². The van der Waals surface area contributed by atoms with Gasteiger partial charge in [-0.2, -0.15) is 0 Å². The van der Waals surface area contributed by atoms with Crippen LogP contribution in [-0.4, -0.2) is 41.7 Å². The fourth-order valence-corrected chi connectivity index (χ4v) is 1.99. The average molecular weight is 279 g/mol. The summed E-state index contributed by atoms with van der Waals surface area (Å²) in [5, 5.41) is 8.73. The Bertz CT molecular complexity index is 379. The fourth-order valence-electron chi connectivity index (χ4n) is 1.99. The van der Waals surface area contributed by atoms with Crippen molar-refractivity contribution in [2.24, 2.45) is 0 Å². The minimum absolute atomic E-state index is 0.207. The second-order valence-corrected chi connectivity index (χ2v) is 5.14. The SMILES string of the molecule is CC(C)N(CCCCOc1ccccc1)CCC(=O)O. The third-order valence-corrected chi connectivity index (χ3v) is 3.19. The smallest absolute Gasteiger partial charge is 0.304 e. The molecule has 1 rings (SSSR count). The third-order valence-electron chi connectivity index (χ3n) is 3.19. The van der Waals surface area contributed by atoms with Gasteiger partial charge in [0.1, 0.15) is 5.75 Å². The maximum atomic E-state index is 10.6. The summed E-state index contributed by atoms with van der Waals surface area (Å²) in [4.78, 5) is 12.8. The molecule has 0 unspecified atom stereocenters. The van der Waals surface area contributed by atoms with Crippen molar-refractivity contribution in [1.29, 1.82) is 0 Å². The number of aliphatic carboxylic acids is 1. The van der Waals surface area contributed by atoms with Crippen LogP contribution in [-0.2, 0) is 4.79 Å². The van der Waals surface area contributed by atoms with E-state index in [-0.39, 0.29) is 6.42 Å². The molecule has 0 fully saturated rings. The molecule has 0 heterocycles. The number of rotatable bonds is 10. The number of carboxylic acids is 1. The Hall–Kier alpha value is -1.55. The van der Waals surface area contributed by atoms with E-state index in [1.165, 1.54) is 0 Å². The highest BCUT2D eigenvalue weighted by molar-refractivity contribution is 5.66. The molecule has 0 aromatic heterocycles. The van der Waals surface area contributed by atoms with Gasteiger partial charge in [-0.3, -0.25) is 4.79 Å². The van der Waals surface area contributed by atoms with Gasteiger partial charge in [-0.1, -0.05) is 18.2 Å². The number of hydrogen-bond acceptors (Lipinski definition) is 3. The van der Waals surface area contributed by atoms with Gasteiger partial charge in [0, 0.05) is 12.6 Å². The first-order valence-electron chi connectivity index (χ1n) is 7.23. The number of benzene rings is 1. The molecule has 0 bridgehead atoms. The Morgan fingerprint density at radius 2 is 1.90 bits per heavy atom. The number of carboxylic acid groups (broad SMARTS) is 1. The van der Waals surface area contributed by atoms with Crippen LogP contribution in [0.2, 0.25) is 0 Å². The highest BCUT2D eigenvalue weighted by Gasteiger charge is 2.10. The predicted octanol–water partition coefficient (Wildman–Crippen LogP) is 3.03. The zero-order valence-electron chi connectivity index (χ0n) is 12.4. The Labute approximate surface area is 121 Å². The molecule has 1 aromatic carbocycles. The summed E-state index contributed by atoms with van der Waals surface area (Å²) in [6.07, 6.45) is 2.20. The second kappa shape index (κ2) is 9.37. The van der Waals surface area contributed by atoms with Crippen molar-refractivity contribution < 1.29 is 14.6 Å². The first-order valence-corrected chi connectivity index (χ1v) is 7.23. The van der Waals surface area contributed by atoms with E-state index in [1.54, 1.807) is 0 Å². The van der Waals surface area contributed by atoms with E-state index in [0.717, 1.165) is 25.1 Å². The molecule has 0 spiro atoms. The highest BCUT2D eigenvalue weighted by Crippen LogP contribution is 2.09. The van der Waals surface area contributed by atoms with Gasteiger partial charge in [-0.15, -0.1) is 0 Å². The summed E-state index contributed by atoms with van der Waals surface area (Å²) in [5.41, 5.74) is 0. The topological polar surface area (TPSA) is 49.8 Å². The van der Waals surface area contributed by atoms with Crippen molar-refractivity contribution in [3.8, 4) is 5.75 Å². The number of hydrogen-bond donors (Lipinski definition) is 1. The molecular weight excluding hydrogens is 254 g/mol. The van der Waals surface area contributed by atoms with E-state index >= 15 is 0 Å². The summed E-state index contributed by atoms with van der Waals surface area (Å²) in [7, 11) is 0. The molecule has 0 saturated heterocycles. The van der Waals surface area contributed by atoms with E-state index in [1.807, 2.05) is 30.3 Å². The minimum Gasteiger partial charge on any atom is -0.494 e. The van der Waals surface area contributed by atoms with Gasteiger partial charge in [-0.05, 0) is 45.4 Å². The number of nitrogens with zero attached hydrogens (tertiary/aromatic N) is 1. The summed E-state index contributed by atoms with van der Waals surface area (Å²) < 4.78 is 5.63. The average Bonchev–Trinajstić information content (AvgIpc) is 2.42. The van der Waals surface area contributed by atoms with E-state index in [0.29, 0.717) is 19.2 Å². The van der Waals surface area contributed by atoms with Crippen LogP contribution in [0.4, 0.5) is 0 Å². The van der Waals surface area contributed by atoms with Crippen molar-refractivity contribution in [2.75, 3.05) is 19.7 Å². The fraction of sp³-hybridized carbons (Fsp3) is 0.562. The molecule has 0 aliphatic heterocycles. The van der Waals surface area contributed by atoms with Crippen LogP contribution in [0.25, 0.3) is 0 Å². The van der Waals surface area contributed by atoms with E-state index in [4.69, 9.17) is 9.84 Å². The van der Waals surface area contributed by atoms with Gasteiger partial charge in [0.2, 0.25) is 0 Å². The van der Waals surface area contributed by atoms with Crippen molar-refractivity contribution in [3.63, 3.8) is 0 Å². The lowest BCUT2D eigenvalue weighted by atomic mass is 10.2. The Morgan fingerprint density at radius 1 is 1.20 bits per heavy atom. The van der Waals surface area contributed by atoms with Crippen molar-refractivity contribution in [3.05, 3.63) is 30.3 Å². The quantitative estimate of drug-likeness (QED) is 0.669. The third kappa shape index (κ3) is 7.14. The number of unbranched alkanes of at least 4 members (excludes halogenated alkanes) is 1. The largest absolute Gasteiger partial charge is 0.494 e. The van der Waals surface area contributed by atoms with Crippen LogP contribution in [0.15, 0.2) is 30.3 Å². The van der Waals surface area contributed by atoms with Gasteiger partial charge in [0.25, 0.3) is 0 Å². The molecular formula is C16H25NO3. The number of ether oxygens (including phenoxy) is 1. The van der Waals surface area contributed by atoms with Gasteiger partial charge >= 0.3 is 5.97 Å². The number of carbonyl (C=O) groups is 1. The second-order valence-electron chi connectivity index (χ2n) is 5.14. The van der Waals surface area contributed by atoms with Crippen LogP contribution >= 0.6 is 0 Å². The summed E-state index contributed by atoms with van der Waals surface area (Å²) in [6, 6.07) is 10.2. The molecule has 20 heavy (non-hydrogen) atoms. The van der Waals surface area contributed by atoms with E-state index in [2.05, 4.69) is 18.7 Å². The molecule has 0 aliphatic carbocycles. The van der Waals surface area contributed by atoms with Gasteiger partial charge in [-0.25, -0.2) is 0 Å². The maximum absolute atomic E-state index is 10.6. The summed E-state index contributed by atoms with van der Waals surface area (Å²) in [6.45, 7) is 6.44. The predicted molar refractivity (Wildman–Crippen MR) is 80.1 cm³/mol. The molecule has 0 aliphatic rings. The summed E-state index contributed by atoms with van der Waals surface area (Å²) >= 11 is 0. The Morgan fingerprint density at radius 3 is 2.50 bits per heavy atom. The molecule has 1 aromatic rings. The normalized spacial score (nSPS) is 11.0. The van der Waals surface area contributed by atoms with Crippen molar-refractivity contribution in [1.82, 2.24) is 4.90 Å². The zero-order valence-corrected chi connectivity index (χ0v) is 12.4. The first kappa shape index (κ1) is 16.5. The molecule has 4 heteroatoms.